The molecule has 0 spiro atoms. The van der Waals surface area contributed by atoms with Crippen LogP contribution in [0.1, 0.15) is 121 Å². The predicted molar refractivity (Wildman–Crippen MR) is 229 cm³/mol. The number of nitrogens with one attached hydrogen (secondary N) is 3. The number of piperidine rings is 2. The molecule has 14 heteroatoms. The molecule has 2 aromatic heterocycles. The molecule has 3 aliphatic carbocycles. The fourth-order valence-corrected chi connectivity index (χ4v) is 10.5. The quantitative estimate of drug-likeness (QED) is 0.0464. The van der Waals surface area contributed by atoms with Gasteiger partial charge in [0, 0.05) is 29.9 Å². The number of likely N-dealkylation sites (tertiary alicyclic amines) is 2. The van der Waals surface area contributed by atoms with E-state index in [4.69, 9.17) is 24.5 Å². The molecule has 3 amide bonds. The Bertz CT molecular complexity index is 2410. The third-order valence-electron chi connectivity index (χ3n) is 13.9. The zero-order chi connectivity index (χ0) is 42.3. The molecule has 4 heterocycles. The molecule has 2 aliphatic heterocycles. The first-order valence-corrected chi connectivity index (χ1v) is 21.9. The van der Waals surface area contributed by atoms with Crippen molar-refractivity contribution in [3.63, 3.8) is 0 Å². The summed E-state index contributed by atoms with van der Waals surface area (Å²) in [6.07, 6.45) is 12.3. The van der Waals surface area contributed by atoms with Crippen LogP contribution in [0.2, 0.25) is 0 Å². The average molecular weight is 837 g/mol. The van der Waals surface area contributed by atoms with Crippen LogP contribution < -0.4 is 5.32 Å². The Morgan fingerprint density at radius 1 is 0.726 bits per heavy atom. The molecule has 5 fully saturated rings. The molecule has 0 unspecified atom stereocenters. The Morgan fingerprint density at radius 2 is 1.32 bits per heavy atom. The Balaban J connectivity index is 0.772. The standard InChI is InChI=1S/C48H52N8O6/c1-60-48(59)54-43(33-11-7-4-8-12-33)47(58)56-39-22-35(39)24-41(56)45-50-26-37(53-45)31-19-15-29(16-20-31)28-13-17-30(18-14-28)36-25-49-44(52-36)40-23-34-21-38(34)55(40)46(57)42(51-27-62-61-2)32-9-5-3-6-10-32/h3-14,17-18,25-27,29,31,34-35,38-43H,15-16,19-24H2,1-2H3,(H,49,52)(H,50,53)(H,54,59)/t29?,31?,34-,35-,38-,39-,40+,41+,42-,43-/m1/s1. The van der Waals surface area contributed by atoms with Crippen LogP contribution in [0.5, 0.6) is 0 Å². The Kier molecular flexibility index (Phi) is 10.8. The molecule has 14 nitrogen and oxygen atoms in total. The van der Waals surface area contributed by atoms with Crippen LogP contribution in [0, 0.1) is 11.8 Å². The van der Waals surface area contributed by atoms with E-state index in [9.17, 15) is 14.4 Å². The Morgan fingerprint density at radius 3 is 1.97 bits per heavy atom. The van der Waals surface area contributed by atoms with Crippen molar-refractivity contribution in [3.8, 4) is 11.3 Å². The maximum atomic E-state index is 14.2. The van der Waals surface area contributed by atoms with Gasteiger partial charge in [-0.3, -0.25) is 9.59 Å². The van der Waals surface area contributed by atoms with Crippen molar-refractivity contribution >= 4 is 24.3 Å². The number of carbonyl (C=O) groups is 3. The smallest absolute Gasteiger partial charge is 0.407 e. The number of fused-ring (bicyclic) bond motifs is 2. The van der Waals surface area contributed by atoms with Gasteiger partial charge < -0.3 is 34.7 Å². The minimum absolute atomic E-state index is 0.0699. The first-order chi connectivity index (χ1) is 30.4. The third-order valence-corrected chi connectivity index (χ3v) is 13.9. The van der Waals surface area contributed by atoms with Gasteiger partial charge in [-0.25, -0.2) is 19.8 Å². The first-order valence-electron chi connectivity index (χ1n) is 21.9. The van der Waals surface area contributed by atoms with Crippen LogP contribution >= 0.6 is 0 Å². The van der Waals surface area contributed by atoms with E-state index in [-0.39, 0.29) is 36.0 Å². The number of ether oxygens (including phenoxy) is 1. The molecule has 2 saturated heterocycles. The highest BCUT2D eigenvalue weighted by Gasteiger charge is 2.57. The van der Waals surface area contributed by atoms with Crippen molar-refractivity contribution in [2.24, 2.45) is 16.8 Å². The molecule has 3 aromatic carbocycles. The van der Waals surface area contributed by atoms with Crippen molar-refractivity contribution in [3.05, 3.63) is 131 Å². The van der Waals surface area contributed by atoms with Crippen LogP contribution in [-0.4, -0.2) is 80.3 Å². The van der Waals surface area contributed by atoms with E-state index in [0.29, 0.717) is 23.7 Å². The number of aliphatic imine (C=N–C) groups is 1. The number of benzene rings is 3. The van der Waals surface area contributed by atoms with Gasteiger partial charge in [-0.15, -0.1) is 0 Å². The summed E-state index contributed by atoms with van der Waals surface area (Å²) >= 11 is 0. The van der Waals surface area contributed by atoms with E-state index in [1.807, 2.05) is 82.9 Å². The number of H-pyrrole nitrogens is 2. The van der Waals surface area contributed by atoms with E-state index >= 15 is 0 Å². The molecule has 10 rings (SSSR count). The van der Waals surface area contributed by atoms with Gasteiger partial charge in [0.2, 0.25) is 6.40 Å². The minimum atomic E-state index is -0.839. The highest BCUT2D eigenvalue weighted by molar-refractivity contribution is 5.88. The molecule has 62 heavy (non-hydrogen) atoms. The lowest BCUT2D eigenvalue weighted by Crippen LogP contribution is -2.44. The molecule has 3 saturated carbocycles. The lowest BCUT2D eigenvalue weighted by Gasteiger charge is -2.31. The van der Waals surface area contributed by atoms with Crippen molar-refractivity contribution in [2.75, 3.05) is 14.2 Å². The van der Waals surface area contributed by atoms with Gasteiger partial charge in [-0.2, -0.15) is 4.89 Å². The average Bonchev–Trinajstić information content (AvgIpc) is 3.90. The molecule has 0 radical (unpaired) electrons. The fraction of sp³-hybridized carbons (Fsp3) is 0.417. The van der Waals surface area contributed by atoms with Gasteiger partial charge in [-0.05, 0) is 91.4 Å². The summed E-state index contributed by atoms with van der Waals surface area (Å²) in [6.45, 7) is 0. The van der Waals surface area contributed by atoms with Crippen LogP contribution in [0.4, 0.5) is 4.79 Å². The maximum Gasteiger partial charge on any atom is 0.407 e. The third kappa shape index (κ3) is 7.76. The second kappa shape index (κ2) is 16.9. The second-order valence-corrected chi connectivity index (χ2v) is 17.5. The van der Waals surface area contributed by atoms with Gasteiger partial charge in [-0.1, -0.05) is 84.9 Å². The number of methoxy groups -OCH3 is 1. The van der Waals surface area contributed by atoms with Crippen LogP contribution in [-0.2, 0) is 24.1 Å². The summed E-state index contributed by atoms with van der Waals surface area (Å²) in [5, 5.41) is 2.78. The monoisotopic (exact) mass is 836 g/mol. The van der Waals surface area contributed by atoms with Crippen LogP contribution in [0.25, 0.3) is 11.3 Å². The van der Waals surface area contributed by atoms with Crippen LogP contribution in [0.3, 0.4) is 0 Å². The molecule has 320 valence electrons. The molecular formula is C48H52N8O6. The second-order valence-electron chi connectivity index (χ2n) is 17.5. The zero-order valence-electron chi connectivity index (χ0n) is 34.9. The summed E-state index contributed by atoms with van der Waals surface area (Å²) in [6, 6.07) is 26.2. The number of aromatic amines is 2. The van der Waals surface area contributed by atoms with E-state index in [2.05, 4.69) is 44.5 Å². The highest BCUT2D eigenvalue weighted by atomic mass is 17.2. The van der Waals surface area contributed by atoms with E-state index in [1.54, 1.807) is 0 Å². The van der Waals surface area contributed by atoms with Gasteiger partial charge in [0.1, 0.15) is 17.7 Å². The van der Waals surface area contributed by atoms with Crippen LogP contribution in [0.15, 0.2) is 102 Å². The first kappa shape index (κ1) is 39.8. The maximum absolute atomic E-state index is 14.2. The molecule has 3 N–H and O–H groups in total. The zero-order valence-corrected chi connectivity index (χ0v) is 34.9. The van der Waals surface area contributed by atoms with Crippen molar-refractivity contribution in [1.82, 2.24) is 35.1 Å². The molecular weight excluding hydrogens is 785 g/mol. The number of nitrogens with zero attached hydrogens (tertiary/aromatic N) is 5. The summed E-state index contributed by atoms with van der Waals surface area (Å²) in [5.74, 6) is 3.17. The molecule has 5 aliphatic rings. The number of hydrogen-bond acceptors (Lipinski definition) is 9. The fourth-order valence-electron chi connectivity index (χ4n) is 10.5. The number of aromatic nitrogens is 4. The SMILES string of the molecule is COOC=N[C@@H](C(=O)N1[C@@H]2C[C@@H]2C[C@H]1c1ncc(-c2ccc(C3CCC(c4cnc([C@@H]5C[C@H]6C[C@H]6N5C(=O)[C@H](NC(=O)OC)c5ccccc5)[nH]4)CC3)cc2)[nH]1)c1ccccc1. The molecule has 0 bridgehead atoms. The van der Waals surface area contributed by atoms with E-state index in [0.717, 1.165) is 91.1 Å². The molecule has 5 aromatic rings. The summed E-state index contributed by atoms with van der Waals surface area (Å²) in [4.78, 5) is 75.6. The minimum Gasteiger partial charge on any atom is -0.453 e. The Hall–Kier alpha value is -6.28. The predicted octanol–water partition coefficient (Wildman–Crippen LogP) is 8.01. The van der Waals surface area contributed by atoms with Gasteiger partial charge >= 0.3 is 6.09 Å². The number of imidazole rings is 2. The van der Waals surface area contributed by atoms with Crippen molar-refractivity contribution in [2.45, 2.75) is 99.5 Å². The Labute approximate surface area is 360 Å². The summed E-state index contributed by atoms with van der Waals surface area (Å²) in [7, 11) is 2.71. The highest BCUT2D eigenvalue weighted by Crippen LogP contribution is 2.55. The number of alkyl carbamates (subject to hydrolysis) is 1. The van der Waals surface area contributed by atoms with Gasteiger partial charge in [0.05, 0.1) is 38.2 Å². The largest absolute Gasteiger partial charge is 0.453 e. The summed E-state index contributed by atoms with van der Waals surface area (Å²) < 4.78 is 4.89. The van der Waals surface area contributed by atoms with E-state index < -0.39 is 18.2 Å². The van der Waals surface area contributed by atoms with Crippen molar-refractivity contribution in [1.29, 1.82) is 0 Å². The summed E-state index contributed by atoms with van der Waals surface area (Å²) in [5.41, 5.74) is 5.97. The van der Waals surface area contributed by atoms with Gasteiger partial charge in [0.15, 0.2) is 6.04 Å². The van der Waals surface area contributed by atoms with Gasteiger partial charge in [0.25, 0.3) is 11.8 Å². The van der Waals surface area contributed by atoms with Crippen molar-refractivity contribution < 1.29 is 28.9 Å². The molecule has 8 atom stereocenters. The van der Waals surface area contributed by atoms with E-state index in [1.165, 1.54) is 26.2 Å². The normalized spacial score (nSPS) is 27.0. The number of amides is 3. The number of hydrogen-bond donors (Lipinski definition) is 3. The number of rotatable bonds is 13. The topological polar surface area (TPSA) is 167 Å². The number of carbonyl (C=O) groups excluding carboxylic acids is 3. The lowest BCUT2D eigenvalue weighted by atomic mass is 9.77. The lowest BCUT2D eigenvalue weighted by molar-refractivity contribution is -0.188.